The van der Waals surface area contributed by atoms with Gasteiger partial charge in [-0.25, -0.2) is 0 Å². The molecule has 33 heavy (non-hydrogen) atoms. The normalized spacial score (nSPS) is 25.8. The van der Waals surface area contributed by atoms with Crippen LogP contribution in [0.15, 0.2) is 24.3 Å². The van der Waals surface area contributed by atoms with Gasteiger partial charge < -0.3 is 24.4 Å². The Balaban J connectivity index is 2.53. The van der Waals surface area contributed by atoms with Crippen LogP contribution >= 0.6 is 7.82 Å². The molecule has 1 aliphatic heterocycles. The predicted molar refractivity (Wildman–Crippen MR) is 131 cm³/mol. The van der Waals surface area contributed by atoms with Crippen molar-refractivity contribution >= 4 is 13.8 Å². The van der Waals surface area contributed by atoms with Gasteiger partial charge >= 0.3 is 5.97 Å². The number of hydrogen-bond donors (Lipinski definition) is 1. The minimum absolute atomic E-state index is 0.0755. The van der Waals surface area contributed by atoms with Gasteiger partial charge in [0.25, 0.3) is 7.82 Å². The van der Waals surface area contributed by atoms with Crippen molar-refractivity contribution in [3.63, 3.8) is 0 Å². The lowest BCUT2D eigenvalue weighted by atomic mass is 10.0. The van der Waals surface area contributed by atoms with Gasteiger partial charge in [-0.1, -0.05) is 82.1 Å². The highest BCUT2D eigenvalue weighted by molar-refractivity contribution is 7.45. The highest BCUT2D eigenvalue weighted by Gasteiger charge is 2.21. The molecule has 0 radical (unpaired) electrons. The first-order valence-electron chi connectivity index (χ1n) is 12.8. The van der Waals surface area contributed by atoms with E-state index < -0.39 is 19.9 Å². The first kappa shape index (κ1) is 30.1. The van der Waals surface area contributed by atoms with E-state index in [-0.39, 0.29) is 26.2 Å². The fourth-order valence-electron chi connectivity index (χ4n) is 3.77. The Morgan fingerprint density at radius 1 is 0.879 bits per heavy atom. The predicted octanol–water partition coefficient (Wildman–Crippen LogP) is 5.73. The summed E-state index contributed by atoms with van der Waals surface area (Å²) in [5, 5.41) is 0. The molecule has 1 unspecified atom stereocenters. The molecule has 0 amide bonds. The third-order valence-electron chi connectivity index (χ3n) is 5.57. The summed E-state index contributed by atoms with van der Waals surface area (Å²) in [4.78, 5) is 24.2. The van der Waals surface area contributed by atoms with Gasteiger partial charge in [-0.05, 0) is 38.5 Å². The first-order chi connectivity index (χ1) is 16.0. The molecule has 1 rings (SSSR count). The molecular formula is C25H45NO6P-. The number of carbonyl (C=O) groups excluding carboxylic acids is 1. The topological polar surface area (TPSA) is 111 Å². The molecule has 2 atom stereocenters. The van der Waals surface area contributed by atoms with Crippen molar-refractivity contribution in [1.29, 1.82) is 0 Å². The number of carbonyl (C=O) groups is 1. The summed E-state index contributed by atoms with van der Waals surface area (Å²) >= 11 is 0. The van der Waals surface area contributed by atoms with E-state index in [1.807, 2.05) is 6.08 Å². The van der Waals surface area contributed by atoms with Crippen LogP contribution in [-0.4, -0.2) is 31.8 Å². The van der Waals surface area contributed by atoms with Crippen molar-refractivity contribution in [3.8, 4) is 0 Å². The zero-order valence-corrected chi connectivity index (χ0v) is 21.2. The van der Waals surface area contributed by atoms with Crippen molar-refractivity contribution in [2.24, 2.45) is 5.73 Å². The molecule has 0 saturated carbocycles. The summed E-state index contributed by atoms with van der Waals surface area (Å²) < 4.78 is 27.2. The lowest BCUT2D eigenvalue weighted by Gasteiger charge is -2.27. The second-order valence-corrected chi connectivity index (χ2v) is 10.0. The molecule has 192 valence electrons. The average Bonchev–Trinajstić information content (AvgIpc) is 2.77. The largest absolute Gasteiger partial charge is 0.756 e. The Morgan fingerprint density at radius 3 is 2.06 bits per heavy atom. The molecule has 2 N–H and O–H groups in total. The monoisotopic (exact) mass is 486 g/mol. The second-order valence-electron chi connectivity index (χ2n) is 8.64. The Morgan fingerprint density at radius 2 is 1.42 bits per heavy atom. The van der Waals surface area contributed by atoms with Gasteiger partial charge in [0.15, 0.2) is 0 Å². The van der Waals surface area contributed by atoms with Gasteiger partial charge in [0.2, 0.25) is 0 Å². The van der Waals surface area contributed by atoms with Crippen LogP contribution in [0.4, 0.5) is 0 Å². The fraction of sp³-hybridized carbons (Fsp3) is 0.800. The van der Waals surface area contributed by atoms with E-state index in [0.717, 1.165) is 32.1 Å². The summed E-state index contributed by atoms with van der Waals surface area (Å²) in [7, 11) is -4.50. The van der Waals surface area contributed by atoms with Crippen molar-refractivity contribution in [2.75, 3.05) is 19.8 Å². The smallest absolute Gasteiger partial charge is 0.308 e. The summed E-state index contributed by atoms with van der Waals surface area (Å²) in [5.74, 6) is -0.454. The van der Waals surface area contributed by atoms with E-state index >= 15 is 0 Å². The van der Waals surface area contributed by atoms with Crippen molar-refractivity contribution < 1.29 is 28.0 Å². The van der Waals surface area contributed by atoms with Gasteiger partial charge in [0.05, 0.1) is 25.7 Å². The number of ether oxygens (including phenoxy) is 1. The van der Waals surface area contributed by atoms with E-state index in [2.05, 4.69) is 18.2 Å². The van der Waals surface area contributed by atoms with Crippen molar-refractivity contribution in [3.05, 3.63) is 24.3 Å². The van der Waals surface area contributed by atoms with Crippen molar-refractivity contribution in [1.82, 2.24) is 0 Å². The Hall–Kier alpha value is -0.980. The highest BCUT2D eigenvalue weighted by Crippen LogP contribution is 2.41. The maximum Gasteiger partial charge on any atom is 0.308 e. The van der Waals surface area contributed by atoms with E-state index in [4.69, 9.17) is 19.5 Å². The molecule has 0 spiro atoms. The minimum Gasteiger partial charge on any atom is -0.756 e. The van der Waals surface area contributed by atoms with E-state index in [1.54, 1.807) is 0 Å². The minimum atomic E-state index is -4.50. The van der Waals surface area contributed by atoms with Gasteiger partial charge in [0, 0.05) is 6.54 Å². The fourth-order valence-corrected chi connectivity index (χ4v) is 4.70. The molecule has 0 aromatic rings. The maximum absolute atomic E-state index is 12.2. The van der Waals surface area contributed by atoms with E-state index in [1.165, 1.54) is 51.4 Å². The van der Waals surface area contributed by atoms with Crippen LogP contribution in [0.25, 0.3) is 0 Å². The molecule has 0 fully saturated rings. The number of allylic oxidation sites excluding steroid dienone is 3. The van der Waals surface area contributed by atoms with Gasteiger partial charge in [0.1, 0.15) is 0 Å². The van der Waals surface area contributed by atoms with Gasteiger partial charge in [-0.3, -0.25) is 9.36 Å². The van der Waals surface area contributed by atoms with Crippen molar-refractivity contribution in [2.45, 2.75) is 109 Å². The number of nitrogens with two attached hydrogens (primary N) is 1. The lowest BCUT2D eigenvalue weighted by molar-refractivity contribution is -0.229. The van der Waals surface area contributed by atoms with E-state index in [9.17, 15) is 14.3 Å². The van der Waals surface area contributed by atoms with Crippen LogP contribution < -0.4 is 10.6 Å². The van der Waals surface area contributed by atoms with Crippen LogP contribution in [0, 0.1) is 0 Å². The molecule has 0 aromatic carbocycles. The standard InChI is InChI=1S/C25H46NO6P/c26-20-22-31-33(28,29)32-24-19-17-15-13-11-9-7-5-3-1-2-4-6-8-10-12-14-16-18-21-30-25(27)23-24/h6,8,14,16,24H,1-5,7,9-13,15,17-23,26H2,(H,28,29)/p-1/b8-6+,16-14+/t24-/m1/s1. The molecule has 7 nitrogen and oxygen atoms in total. The summed E-state index contributed by atoms with van der Waals surface area (Å²) in [6.45, 7) is 0.211. The molecule has 1 heterocycles. The molecular weight excluding hydrogens is 441 g/mol. The van der Waals surface area contributed by atoms with Crippen LogP contribution in [0.2, 0.25) is 0 Å². The molecule has 0 saturated heterocycles. The summed E-state index contributed by atoms with van der Waals surface area (Å²) in [5.41, 5.74) is 5.31. The molecule has 8 heteroatoms. The summed E-state index contributed by atoms with van der Waals surface area (Å²) in [6, 6.07) is 0. The average molecular weight is 487 g/mol. The Bertz CT molecular complexity index is 595. The third-order valence-corrected chi connectivity index (χ3v) is 6.62. The van der Waals surface area contributed by atoms with Gasteiger partial charge in [-0.15, -0.1) is 0 Å². The third kappa shape index (κ3) is 19.1. The number of phosphoric acid groups is 1. The zero-order chi connectivity index (χ0) is 24.0. The Kier molecular flexibility index (Phi) is 18.6. The number of rotatable bonds is 5. The molecule has 0 aromatic heterocycles. The second kappa shape index (κ2) is 20.4. The molecule has 1 aliphatic rings. The SMILES string of the molecule is NCCOP(=O)([O-])O[C@@H]1CCCCCCCCCCCC/C=C/CC/C=C/CCOC(=O)C1. The van der Waals surface area contributed by atoms with E-state index in [0.29, 0.717) is 12.8 Å². The summed E-state index contributed by atoms with van der Waals surface area (Å²) in [6.07, 6.45) is 23.8. The number of phosphoric ester groups is 1. The van der Waals surface area contributed by atoms with Gasteiger partial charge in [-0.2, -0.15) is 0 Å². The quantitative estimate of drug-likeness (QED) is 0.300. The number of esters is 1. The first-order valence-corrected chi connectivity index (χ1v) is 14.3. The van der Waals surface area contributed by atoms with Crippen LogP contribution in [0.3, 0.4) is 0 Å². The highest BCUT2D eigenvalue weighted by atomic mass is 31.2. The molecule has 0 bridgehead atoms. The Labute approximate surface area is 200 Å². The zero-order valence-electron chi connectivity index (χ0n) is 20.3. The maximum atomic E-state index is 12.2. The number of hydrogen-bond acceptors (Lipinski definition) is 7. The van der Waals surface area contributed by atoms with Crippen LogP contribution in [-0.2, 0) is 23.1 Å². The molecule has 0 aliphatic carbocycles. The number of cyclic esters (lactones) is 1. The lowest BCUT2D eigenvalue weighted by Crippen LogP contribution is -2.23. The van der Waals surface area contributed by atoms with Crippen LogP contribution in [0.5, 0.6) is 0 Å². The van der Waals surface area contributed by atoms with Crippen LogP contribution in [0.1, 0.15) is 103 Å².